The van der Waals surface area contributed by atoms with Crippen molar-refractivity contribution < 1.29 is 14.3 Å². The van der Waals surface area contributed by atoms with Crippen LogP contribution in [0.1, 0.15) is 57.2 Å². The van der Waals surface area contributed by atoms with E-state index in [1.54, 1.807) is 6.08 Å². The molecule has 3 rings (SSSR count). The number of rotatable bonds is 6. The summed E-state index contributed by atoms with van der Waals surface area (Å²) >= 11 is 0. The molecule has 1 saturated heterocycles. The molecule has 2 aromatic rings. The van der Waals surface area contributed by atoms with Crippen LogP contribution >= 0.6 is 0 Å². The van der Waals surface area contributed by atoms with Gasteiger partial charge in [-0.15, -0.1) is 6.58 Å². The van der Waals surface area contributed by atoms with Crippen molar-refractivity contribution in [2.24, 2.45) is 5.41 Å². The Hall–Kier alpha value is -2.88. The van der Waals surface area contributed by atoms with Crippen LogP contribution in [-0.4, -0.2) is 28.9 Å². The third-order valence-corrected chi connectivity index (χ3v) is 5.50. The highest BCUT2D eigenvalue weighted by molar-refractivity contribution is 6.03. The van der Waals surface area contributed by atoms with Gasteiger partial charge >= 0.3 is 5.97 Å². The molecule has 158 valence electrons. The lowest BCUT2D eigenvalue weighted by atomic mass is 9.75. The summed E-state index contributed by atoms with van der Waals surface area (Å²) in [6.45, 7) is 9.90. The lowest BCUT2D eigenvalue weighted by Crippen LogP contribution is -2.55. The van der Waals surface area contributed by atoms with Gasteiger partial charge in [-0.25, -0.2) is 0 Å². The lowest BCUT2D eigenvalue weighted by molar-refractivity contribution is -0.178. The summed E-state index contributed by atoms with van der Waals surface area (Å²) in [6.07, 6.45) is 3.13. The van der Waals surface area contributed by atoms with Crippen molar-refractivity contribution in [1.29, 1.82) is 0 Å². The molecule has 4 nitrogen and oxygen atoms in total. The largest absolute Gasteiger partial charge is 0.459 e. The van der Waals surface area contributed by atoms with Crippen LogP contribution in [0.4, 0.5) is 0 Å². The zero-order valence-electron chi connectivity index (χ0n) is 18.1. The van der Waals surface area contributed by atoms with Gasteiger partial charge in [-0.3, -0.25) is 9.59 Å². The Kier molecular flexibility index (Phi) is 6.45. The van der Waals surface area contributed by atoms with Crippen molar-refractivity contribution in [3.63, 3.8) is 0 Å². The van der Waals surface area contributed by atoms with Crippen LogP contribution < -0.4 is 0 Å². The molecule has 0 bridgehead atoms. The lowest BCUT2D eigenvalue weighted by Gasteiger charge is -2.44. The number of nitrogens with zero attached hydrogens (tertiary/aromatic N) is 1. The van der Waals surface area contributed by atoms with Crippen molar-refractivity contribution in [3.05, 3.63) is 84.4 Å². The van der Waals surface area contributed by atoms with E-state index in [4.69, 9.17) is 4.74 Å². The smallest absolute Gasteiger partial charge is 0.322 e. The van der Waals surface area contributed by atoms with E-state index in [2.05, 4.69) is 6.58 Å². The fourth-order valence-electron chi connectivity index (χ4n) is 4.19. The maximum atomic E-state index is 13.9. The molecule has 0 spiro atoms. The number of amides is 1. The van der Waals surface area contributed by atoms with Gasteiger partial charge in [-0.05, 0) is 51.2 Å². The molecule has 1 fully saturated rings. The van der Waals surface area contributed by atoms with Crippen molar-refractivity contribution in [2.75, 3.05) is 6.54 Å². The highest BCUT2D eigenvalue weighted by atomic mass is 16.6. The molecule has 0 radical (unpaired) electrons. The Morgan fingerprint density at radius 3 is 2.10 bits per heavy atom. The van der Waals surface area contributed by atoms with Gasteiger partial charge in [-0.1, -0.05) is 66.7 Å². The fourth-order valence-corrected chi connectivity index (χ4v) is 4.19. The first-order valence-corrected chi connectivity index (χ1v) is 10.5. The topological polar surface area (TPSA) is 46.6 Å². The quantitative estimate of drug-likeness (QED) is 0.372. The molecular formula is C26H31NO3. The van der Waals surface area contributed by atoms with Gasteiger partial charge in [0.15, 0.2) is 0 Å². The zero-order chi connectivity index (χ0) is 21.8. The van der Waals surface area contributed by atoms with Crippen molar-refractivity contribution >= 4 is 11.9 Å². The number of benzene rings is 2. The fraction of sp³-hybridized carbons (Fsp3) is 0.385. The van der Waals surface area contributed by atoms with E-state index < -0.39 is 17.0 Å². The molecule has 1 amide bonds. The van der Waals surface area contributed by atoms with Gasteiger partial charge in [0.25, 0.3) is 0 Å². The second-order valence-electron chi connectivity index (χ2n) is 8.90. The van der Waals surface area contributed by atoms with Gasteiger partial charge in [0.2, 0.25) is 5.91 Å². The maximum absolute atomic E-state index is 13.9. The van der Waals surface area contributed by atoms with E-state index >= 15 is 0 Å². The van der Waals surface area contributed by atoms with Gasteiger partial charge in [0.05, 0.1) is 6.04 Å². The average molecular weight is 406 g/mol. The third-order valence-electron chi connectivity index (χ3n) is 5.50. The number of carbonyl (C=O) groups excluding carboxylic acids is 2. The summed E-state index contributed by atoms with van der Waals surface area (Å²) in [7, 11) is 0. The molecule has 1 heterocycles. The Morgan fingerprint density at radius 2 is 1.63 bits per heavy atom. The maximum Gasteiger partial charge on any atom is 0.322 e. The first kappa shape index (κ1) is 21.8. The summed E-state index contributed by atoms with van der Waals surface area (Å²) < 4.78 is 5.71. The number of hydrogen-bond acceptors (Lipinski definition) is 3. The first-order chi connectivity index (χ1) is 14.3. The summed E-state index contributed by atoms with van der Waals surface area (Å²) in [5, 5.41) is 0. The second-order valence-corrected chi connectivity index (χ2v) is 8.90. The van der Waals surface area contributed by atoms with Crippen LogP contribution in [0.2, 0.25) is 0 Å². The molecule has 0 saturated carbocycles. The number of allylic oxidation sites excluding steroid dienone is 1. The molecule has 0 aliphatic carbocycles. The molecule has 1 aliphatic rings. The monoisotopic (exact) mass is 405 g/mol. The van der Waals surface area contributed by atoms with Gasteiger partial charge < -0.3 is 9.64 Å². The predicted octanol–water partition coefficient (Wildman–Crippen LogP) is 5.30. The van der Waals surface area contributed by atoms with Crippen LogP contribution in [0, 0.1) is 5.41 Å². The molecule has 0 aromatic heterocycles. The van der Waals surface area contributed by atoms with Crippen LogP contribution in [-0.2, 0) is 14.3 Å². The van der Waals surface area contributed by atoms with Crippen molar-refractivity contribution in [1.82, 2.24) is 4.90 Å². The molecular weight excluding hydrogens is 374 g/mol. The molecule has 0 N–H and O–H groups in total. The van der Waals surface area contributed by atoms with E-state index in [0.717, 1.165) is 17.5 Å². The molecule has 1 atom stereocenters. The minimum atomic E-state index is -1.23. The van der Waals surface area contributed by atoms with Crippen molar-refractivity contribution in [3.8, 4) is 0 Å². The van der Waals surface area contributed by atoms with Crippen LogP contribution in [0.25, 0.3) is 0 Å². The number of likely N-dealkylation sites (tertiary alicyclic amines) is 1. The van der Waals surface area contributed by atoms with Crippen LogP contribution in [0.5, 0.6) is 0 Å². The number of esters is 1. The summed E-state index contributed by atoms with van der Waals surface area (Å²) in [6, 6.07) is 19.7. The SMILES string of the molecule is C=CCC1(C(=O)OC(C)(C)C)CCCN(C(c2ccccc2)c2ccccc2)C1=O. The number of carbonyl (C=O) groups is 2. The zero-order valence-corrected chi connectivity index (χ0v) is 18.1. The molecule has 4 heteroatoms. The second kappa shape index (κ2) is 8.86. The molecule has 1 aliphatic heterocycles. The molecule has 1 unspecified atom stereocenters. The van der Waals surface area contributed by atoms with Crippen molar-refractivity contribution in [2.45, 2.75) is 51.7 Å². The average Bonchev–Trinajstić information content (AvgIpc) is 2.71. The summed E-state index contributed by atoms with van der Waals surface area (Å²) in [4.78, 5) is 29.0. The van der Waals surface area contributed by atoms with E-state index in [-0.39, 0.29) is 18.4 Å². The van der Waals surface area contributed by atoms with E-state index in [1.807, 2.05) is 86.3 Å². The minimum Gasteiger partial charge on any atom is -0.459 e. The summed E-state index contributed by atoms with van der Waals surface area (Å²) in [5.74, 6) is -0.634. The van der Waals surface area contributed by atoms with Crippen LogP contribution in [0.3, 0.4) is 0 Å². The molecule has 2 aromatic carbocycles. The number of ether oxygens (including phenoxy) is 1. The van der Waals surface area contributed by atoms with Gasteiger partial charge in [0, 0.05) is 6.54 Å². The van der Waals surface area contributed by atoms with E-state index in [0.29, 0.717) is 13.0 Å². The molecule has 30 heavy (non-hydrogen) atoms. The van der Waals surface area contributed by atoms with Gasteiger partial charge in [-0.2, -0.15) is 0 Å². The Bertz CT molecular complexity index is 846. The Morgan fingerprint density at radius 1 is 1.10 bits per heavy atom. The minimum absolute atomic E-state index is 0.180. The highest BCUT2D eigenvalue weighted by Crippen LogP contribution is 2.42. The Balaban J connectivity index is 2.05. The summed E-state index contributed by atoms with van der Waals surface area (Å²) in [5.41, 5.74) is 0.160. The highest BCUT2D eigenvalue weighted by Gasteiger charge is 2.52. The number of hydrogen-bond donors (Lipinski definition) is 0. The van der Waals surface area contributed by atoms with E-state index in [1.165, 1.54) is 0 Å². The normalized spacial score (nSPS) is 19.6. The van der Waals surface area contributed by atoms with E-state index in [9.17, 15) is 9.59 Å². The number of piperidine rings is 1. The standard InChI is InChI=1S/C26H31NO3/c1-5-17-26(24(29)30-25(2,3)4)18-12-19-27(23(26)28)22(20-13-8-6-9-14-20)21-15-10-7-11-16-21/h5-11,13-16,22H,1,12,17-19H2,2-4H3. The van der Waals surface area contributed by atoms with Gasteiger partial charge in [0.1, 0.15) is 11.0 Å². The Labute approximate surface area is 179 Å². The van der Waals surface area contributed by atoms with Crippen LogP contribution in [0.15, 0.2) is 73.3 Å². The first-order valence-electron chi connectivity index (χ1n) is 10.5. The third kappa shape index (κ3) is 4.48. The predicted molar refractivity (Wildman–Crippen MR) is 119 cm³/mol.